The van der Waals surface area contributed by atoms with E-state index in [9.17, 15) is 19.5 Å². The highest BCUT2D eigenvalue weighted by Crippen LogP contribution is 2.03. The van der Waals surface area contributed by atoms with E-state index in [1.807, 2.05) is 35.3 Å². The van der Waals surface area contributed by atoms with Gasteiger partial charge in [0.25, 0.3) is 11.5 Å². The van der Waals surface area contributed by atoms with Gasteiger partial charge in [0, 0.05) is 6.07 Å². The molecule has 0 saturated heterocycles. The molecular weight excluding hydrogens is 274 g/mol. The highest BCUT2D eigenvalue weighted by Gasteiger charge is 2.14. The molecule has 2 aromatic rings. The lowest BCUT2D eigenvalue weighted by Gasteiger charge is -2.16. The number of benzene rings is 1. The van der Waals surface area contributed by atoms with E-state index in [0.29, 0.717) is 6.42 Å². The minimum Gasteiger partial charge on any atom is -0.394 e. The lowest BCUT2D eigenvalue weighted by Crippen LogP contribution is -2.40. The SMILES string of the molecule is O=C(N[C@@H](CO)Cc1ccccc1)c1cc(=O)[nH]c(=O)[nH]1. The topological polar surface area (TPSA) is 115 Å². The lowest BCUT2D eigenvalue weighted by atomic mass is 10.1. The number of rotatable bonds is 5. The zero-order valence-corrected chi connectivity index (χ0v) is 11.1. The van der Waals surface area contributed by atoms with E-state index in [0.717, 1.165) is 11.6 Å². The van der Waals surface area contributed by atoms with Gasteiger partial charge in [0.15, 0.2) is 0 Å². The normalized spacial score (nSPS) is 11.9. The Morgan fingerprint density at radius 1 is 1.19 bits per heavy atom. The number of hydrogen-bond acceptors (Lipinski definition) is 4. The van der Waals surface area contributed by atoms with Crippen LogP contribution in [0.25, 0.3) is 0 Å². The quantitative estimate of drug-likeness (QED) is 0.588. The maximum absolute atomic E-state index is 12.0. The van der Waals surface area contributed by atoms with Crippen molar-refractivity contribution in [2.45, 2.75) is 12.5 Å². The Morgan fingerprint density at radius 3 is 2.52 bits per heavy atom. The summed E-state index contributed by atoms with van der Waals surface area (Å²) in [5, 5.41) is 11.9. The summed E-state index contributed by atoms with van der Waals surface area (Å²) in [4.78, 5) is 38.5. The number of H-pyrrole nitrogens is 2. The monoisotopic (exact) mass is 289 g/mol. The van der Waals surface area contributed by atoms with Gasteiger partial charge < -0.3 is 15.4 Å². The number of aromatic amines is 2. The zero-order chi connectivity index (χ0) is 15.2. The molecule has 2 rings (SSSR count). The highest BCUT2D eigenvalue weighted by molar-refractivity contribution is 5.92. The van der Waals surface area contributed by atoms with Gasteiger partial charge in [0.05, 0.1) is 12.6 Å². The third-order valence-electron chi connectivity index (χ3n) is 2.89. The van der Waals surface area contributed by atoms with Crippen LogP contribution in [-0.4, -0.2) is 33.6 Å². The van der Waals surface area contributed by atoms with Gasteiger partial charge in [-0.3, -0.25) is 14.6 Å². The number of aromatic nitrogens is 2. The fourth-order valence-electron chi connectivity index (χ4n) is 1.91. The molecule has 0 aliphatic heterocycles. The van der Waals surface area contributed by atoms with Crippen molar-refractivity contribution >= 4 is 5.91 Å². The summed E-state index contributed by atoms with van der Waals surface area (Å²) in [5.41, 5.74) is -0.602. The highest BCUT2D eigenvalue weighted by atomic mass is 16.3. The molecule has 4 N–H and O–H groups in total. The van der Waals surface area contributed by atoms with Crippen molar-refractivity contribution in [3.63, 3.8) is 0 Å². The molecule has 0 unspecified atom stereocenters. The van der Waals surface area contributed by atoms with Crippen LogP contribution in [-0.2, 0) is 6.42 Å². The molecule has 1 heterocycles. The maximum atomic E-state index is 12.0. The van der Waals surface area contributed by atoms with Gasteiger partial charge in [-0.2, -0.15) is 0 Å². The molecule has 21 heavy (non-hydrogen) atoms. The van der Waals surface area contributed by atoms with Crippen molar-refractivity contribution in [1.29, 1.82) is 0 Å². The van der Waals surface area contributed by atoms with Crippen LogP contribution >= 0.6 is 0 Å². The number of aliphatic hydroxyl groups excluding tert-OH is 1. The van der Waals surface area contributed by atoms with Crippen molar-refractivity contribution in [2.24, 2.45) is 0 Å². The summed E-state index contributed by atoms with van der Waals surface area (Å²) in [6.45, 7) is -0.256. The fraction of sp³-hybridized carbons (Fsp3) is 0.214. The van der Waals surface area contributed by atoms with Crippen LogP contribution in [0.2, 0.25) is 0 Å². The van der Waals surface area contributed by atoms with Crippen molar-refractivity contribution in [1.82, 2.24) is 15.3 Å². The molecule has 0 saturated carbocycles. The second kappa shape index (κ2) is 6.67. The van der Waals surface area contributed by atoms with E-state index >= 15 is 0 Å². The smallest absolute Gasteiger partial charge is 0.326 e. The standard InChI is InChI=1S/C14H15N3O4/c18-8-10(6-9-4-2-1-3-5-9)15-13(20)11-7-12(19)17-14(21)16-11/h1-5,7,10,18H,6,8H2,(H,15,20)(H2,16,17,19,21)/t10-/m1/s1. The van der Waals surface area contributed by atoms with Crippen LogP contribution in [0.5, 0.6) is 0 Å². The minimum absolute atomic E-state index is 0.143. The van der Waals surface area contributed by atoms with Gasteiger partial charge in [-0.05, 0) is 12.0 Å². The Balaban J connectivity index is 2.09. The number of hydrogen-bond donors (Lipinski definition) is 4. The molecule has 0 aliphatic rings. The third kappa shape index (κ3) is 4.15. The summed E-state index contributed by atoms with van der Waals surface area (Å²) in [6, 6.07) is 9.83. The first-order valence-electron chi connectivity index (χ1n) is 6.38. The summed E-state index contributed by atoms with van der Waals surface area (Å²) < 4.78 is 0. The summed E-state index contributed by atoms with van der Waals surface area (Å²) in [6.07, 6.45) is 0.441. The molecule has 7 heteroatoms. The van der Waals surface area contributed by atoms with Crippen LogP contribution in [0.3, 0.4) is 0 Å². The maximum Gasteiger partial charge on any atom is 0.326 e. The average Bonchev–Trinajstić information content (AvgIpc) is 2.46. The molecule has 0 spiro atoms. The van der Waals surface area contributed by atoms with Gasteiger partial charge in [-0.25, -0.2) is 4.79 Å². The molecule has 1 aromatic carbocycles. The molecule has 1 amide bonds. The Morgan fingerprint density at radius 2 is 1.90 bits per heavy atom. The van der Waals surface area contributed by atoms with E-state index in [4.69, 9.17) is 0 Å². The van der Waals surface area contributed by atoms with Crippen molar-refractivity contribution in [2.75, 3.05) is 6.61 Å². The number of amides is 1. The Bertz CT molecular complexity index is 692. The summed E-state index contributed by atoms with van der Waals surface area (Å²) in [7, 11) is 0. The Kier molecular flexibility index (Phi) is 4.68. The van der Waals surface area contributed by atoms with Crippen molar-refractivity contribution < 1.29 is 9.90 Å². The molecule has 0 fully saturated rings. The molecule has 0 bridgehead atoms. The van der Waals surface area contributed by atoms with Crippen LogP contribution in [0.1, 0.15) is 16.1 Å². The minimum atomic E-state index is -0.753. The predicted molar refractivity (Wildman–Crippen MR) is 76.2 cm³/mol. The van der Waals surface area contributed by atoms with Gasteiger partial charge in [0.1, 0.15) is 5.69 Å². The zero-order valence-electron chi connectivity index (χ0n) is 11.1. The Labute approximate surface area is 119 Å². The average molecular weight is 289 g/mol. The largest absolute Gasteiger partial charge is 0.394 e. The summed E-state index contributed by atoms with van der Waals surface area (Å²) in [5.74, 6) is -0.617. The van der Waals surface area contributed by atoms with Crippen molar-refractivity contribution in [3.05, 3.63) is 68.5 Å². The molecule has 110 valence electrons. The number of carbonyl (C=O) groups excluding carboxylic acids is 1. The Hall–Kier alpha value is -2.67. The van der Waals surface area contributed by atoms with Crippen LogP contribution < -0.4 is 16.6 Å². The van der Waals surface area contributed by atoms with Gasteiger partial charge in [-0.1, -0.05) is 30.3 Å². The van der Waals surface area contributed by atoms with E-state index in [1.54, 1.807) is 0 Å². The van der Waals surface area contributed by atoms with E-state index in [1.165, 1.54) is 0 Å². The van der Waals surface area contributed by atoms with Crippen LogP contribution in [0.4, 0.5) is 0 Å². The second-order valence-corrected chi connectivity index (χ2v) is 4.54. The third-order valence-corrected chi connectivity index (χ3v) is 2.89. The molecular formula is C14H15N3O4. The summed E-state index contributed by atoms with van der Waals surface area (Å²) >= 11 is 0. The molecule has 1 aromatic heterocycles. The first-order valence-corrected chi connectivity index (χ1v) is 6.38. The second-order valence-electron chi connectivity index (χ2n) is 4.54. The lowest BCUT2D eigenvalue weighted by molar-refractivity contribution is 0.0910. The van der Waals surface area contributed by atoms with Gasteiger partial charge in [-0.15, -0.1) is 0 Å². The fourth-order valence-corrected chi connectivity index (χ4v) is 1.91. The predicted octanol–water partition coefficient (Wildman–Crippen LogP) is -0.603. The van der Waals surface area contributed by atoms with E-state index in [-0.39, 0.29) is 12.3 Å². The van der Waals surface area contributed by atoms with Crippen LogP contribution in [0, 0.1) is 0 Å². The van der Waals surface area contributed by atoms with Gasteiger partial charge in [0.2, 0.25) is 0 Å². The van der Waals surface area contributed by atoms with Crippen LogP contribution in [0.15, 0.2) is 46.0 Å². The molecule has 0 aliphatic carbocycles. The van der Waals surface area contributed by atoms with E-state index in [2.05, 4.69) is 10.3 Å². The molecule has 1 atom stereocenters. The van der Waals surface area contributed by atoms with Gasteiger partial charge >= 0.3 is 5.69 Å². The molecule has 0 radical (unpaired) electrons. The number of aliphatic hydroxyl groups is 1. The molecule has 7 nitrogen and oxygen atoms in total. The first-order chi connectivity index (χ1) is 10.1. The number of nitrogens with one attached hydrogen (secondary N) is 3. The van der Waals surface area contributed by atoms with Crippen molar-refractivity contribution in [3.8, 4) is 0 Å². The first kappa shape index (κ1) is 14.7. The van der Waals surface area contributed by atoms with E-state index < -0.39 is 23.2 Å². The number of carbonyl (C=O) groups is 1.